The molecule has 1 saturated heterocycles. The van der Waals surface area contributed by atoms with E-state index in [4.69, 9.17) is 18.6 Å². The number of morpholine rings is 1. The Labute approximate surface area is 151 Å². The summed E-state index contributed by atoms with van der Waals surface area (Å²) in [5, 5.41) is 0.795. The second-order valence-electron chi connectivity index (χ2n) is 6.47. The summed E-state index contributed by atoms with van der Waals surface area (Å²) in [6.07, 6.45) is -0.0795. The number of esters is 1. The highest BCUT2D eigenvalue weighted by Gasteiger charge is 2.28. The molecule has 1 aromatic heterocycles. The van der Waals surface area contributed by atoms with Crippen LogP contribution in [0, 0.1) is 0 Å². The SMILES string of the molecule is COCc1c(C(=O)OCC(=O)N2C[C@@H](C)O[C@@H](C)C2)oc2ccccc12. The Bertz CT molecular complexity index is 788. The normalized spacial score (nSPS) is 20.3. The molecule has 0 aliphatic carbocycles. The zero-order chi connectivity index (χ0) is 18.7. The van der Waals surface area contributed by atoms with Gasteiger partial charge in [0.25, 0.3) is 5.91 Å². The van der Waals surface area contributed by atoms with Crippen LogP contribution in [0.5, 0.6) is 0 Å². The van der Waals surface area contributed by atoms with Gasteiger partial charge in [0.05, 0.1) is 18.8 Å². The molecule has 1 aliphatic heterocycles. The van der Waals surface area contributed by atoms with Crippen molar-refractivity contribution < 1.29 is 28.2 Å². The highest BCUT2D eigenvalue weighted by atomic mass is 16.5. The number of nitrogens with zero attached hydrogens (tertiary/aromatic N) is 1. The van der Waals surface area contributed by atoms with E-state index >= 15 is 0 Å². The monoisotopic (exact) mass is 361 g/mol. The highest BCUT2D eigenvalue weighted by Crippen LogP contribution is 2.27. The Morgan fingerprint density at radius 1 is 1.19 bits per heavy atom. The van der Waals surface area contributed by atoms with Crippen LogP contribution < -0.4 is 0 Å². The van der Waals surface area contributed by atoms with E-state index < -0.39 is 5.97 Å². The number of para-hydroxylation sites is 1. The summed E-state index contributed by atoms with van der Waals surface area (Å²) in [5.74, 6) is -0.842. The van der Waals surface area contributed by atoms with Crippen molar-refractivity contribution in [2.75, 3.05) is 26.8 Å². The van der Waals surface area contributed by atoms with Crippen LogP contribution in [-0.4, -0.2) is 55.8 Å². The Balaban J connectivity index is 1.69. The van der Waals surface area contributed by atoms with E-state index in [9.17, 15) is 9.59 Å². The molecule has 1 aromatic carbocycles. The largest absolute Gasteiger partial charge is 0.450 e. The first kappa shape index (κ1) is 18.4. The van der Waals surface area contributed by atoms with Crippen LogP contribution in [0.25, 0.3) is 11.0 Å². The maximum absolute atomic E-state index is 12.5. The van der Waals surface area contributed by atoms with E-state index in [1.165, 1.54) is 0 Å². The van der Waals surface area contributed by atoms with Crippen LogP contribution in [0.3, 0.4) is 0 Å². The highest BCUT2D eigenvalue weighted by molar-refractivity contribution is 5.96. The summed E-state index contributed by atoms with van der Waals surface area (Å²) >= 11 is 0. The maximum Gasteiger partial charge on any atom is 0.375 e. The van der Waals surface area contributed by atoms with E-state index in [1.54, 1.807) is 18.1 Å². The molecule has 2 aromatic rings. The lowest BCUT2D eigenvalue weighted by molar-refractivity contribution is -0.146. The average molecular weight is 361 g/mol. The molecule has 0 spiro atoms. The topological polar surface area (TPSA) is 78.2 Å². The lowest BCUT2D eigenvalue weighted by atomic mass is 10.1. The number of fused-ring (bicyclic) bond motifs is 1. The Hall–Kier alpha value is -2.38. The first-order valence-corrected chi connectivity index (χ1v) is 8.59. The van der Waals surface area contributed by atoms with Crippen molar-refractivity contribution >= 4 is 22.8 Å². The van der Waals surface area contributed by atoms with Crippen LogP contribution in [0.15, 0.2) is 28.7 Å². The van der Waals surface area contributed by atoms with Gasteiger partial charge in [-0.05, 0) is 19.9 Å². The smallest absolute Gasteiger partial charge is 0.375 e. The summed E-state index contributed by atoms with van der Waals surface area (Å²) in [5.41, 5.74) is 1.20. The molecule has 2 heterocycles. The summed E-state index contributed by atoms with van der Waals surface area (Å²) in [7, 11) is 1.54. The minimum Gasteiger partial charge on any atom is -0.450 e. The molecule has 0 radical (unpaired) electrons. The number of rotatable bonds is 5. The van der Waals surface area contributed by atoms with Crippen molar-refractivity contribution in [1.82, 2.24) is 4.90 Å². The van der Waals surface area contributed by atoms with E-state index in [-0.39, 0.29) is 37.1 Å². The maximum atomic E-state index is 12.5. The summed E-state index contributed by atoms with van der Waals surface area (Å²) in [4.78, 5) is 26.5. The third-order valence-corrected chi connectivity index (χ3v) is 4.27. The van der Waals surface area contributed by atoms with Gasteiger partial charge in [-0.15, -0.1) is 0 Å². The fraction of sp³-hybridized carbons (Fsp3) is 0.474. The number of hydrogen-bond donors (Lipinski definition) is 0. The number of carbonyl (C=O) groups excluding carboxylic acids is 2. The van der Waals surface area contributed by atoms with Crippen molar-refractivity contribution in [2.24, 2.45) is 0 Å². The summed E-state index contributed by atoms with van der Waals surface area (Å²) in [6, 6.07) is 7.30. The predicted molar refractivity (Wildman–Crippen MR) is 93.8 cm³/mol. The average Bonchev–Trinajstić information content (AvgIpc) is 2.98. The minimum atomic E-state index is -0.670. The molecule has 0 saturated carbocycles. The van der Waals surface area contributed by atoms with Crippen molar-refractivity contribution in [2.45, 2.75) is 32.7 Å². The van der Waals surface area contributed by atoms with Crippen molar-refractivity contribution in [3.05, 3.63) is 35.6 Å². The fourth-order valence-electron chi connectivity index (χ4n) is 3.22. The zero-order valence-electron chi connectivity index (χ0n) is 15.2. The molecule has 2 atom stereocenters. The summed E-state index contributed by atoms with van der Waals surface area (Å²) < 4.78 is 21.6. The van der Waals surface area contributed by atoms with E-state index in [0.717, 1.165) is 5.39 Å². The summed E-state index contributed by atoms with van der Waals surface area (Å²) in [6.45, 7) is 4.68. The molecule has 7 nitrogen and oxygen atoms in total. The number of furan rings is 1. The minimum absolute atomic E-state index is 0.0397. The van der Waals surface area contributed by atoms with Gasteiger partial charge in [-0.1, -0.05) is 18.2 Å². The second-order valence-corrected chi connectivity index (χ2v) is 6.47. The van der Waals surface area contributed by atoms with Gasteiger partial charge in [-0.2, -0.15) is 0 Å². The van der Waals surface area contributed by atoms with Gasteiger partial charge in [-0.25, -0.2) is 4.79 Å². The van der Waals surface area contributed by atoms with Gasteiger partial charge < -0.3 is 23.5 Å². The van der Waals surface area contributed by atoms with Crippen LogP contribution in [0.4, 0.5) is 0 Å². The number of benzene rings is 1. The Morgan fingerprint density at radius 3 is 2.58 bits per heavy atom. The molecule has 26 heavy (non-hydrogen) atoms. The van der Waals surface area contributed by atoms with Crippen LogP contribution in [-0.2, 0) is 25.6 Å². The molecule has 0 unspecified atom stereocenters. The Morgan fingerprint density at radius 2 is 1.88 bits per heavy atom. The molecule has 3 rings (SSSR count). The number of carbonyl (C=O) groups is 2. The lowest BCUT2D eigenvalue weighted by Gasteiger charge is -2.35. The van der Waals surface area contributed by atoms with Crippen LogP contribution in [0.2, 0.25) is 0 Å². The number of ether oxygens (including phenoxy) is 3. The van der Waals surface area contributed by atoms with Gasteiger partial charge in [0.2, 0.25) is 5.76 Å². The van der Waals surface area contributed by atoms with Crippen molar-refractivity contribution in [3.63, 3.8) is 0 Å². The van der Waals surface area contributed by atoms with Crippen LogP contribution >= 0.6 is 0 Å². The Kier molecular flexibility index (Phi) is 5.58. The number of hydrogen-bond acceptors (Lipinski definition) is 6. The standard InChI is InChI=1S/C19H23NO6/c1-12-8-20(9-13(2)25-12)17(21)11-24-19(22)18-15(10-23-3)14-6-4-5-7-16(14)26-18/h4-7,12-13H,8-11H2,1-3H3/t12-,13+. The lowest BCUT2D eigenvalue weighted by Crippen LogP contribution is -2.49. The molecule has 1 aliphatic rings. The first-order chi connectivity index (χ1) is 12.5. The van der Waals surface area contributed by atoms with Gasteiger partial charge in [-0.3, -0.25) is 4.79 Å². The van der Waals surface area contributed by atoms with Gasteiger partial charge in [0.1, 0.15) is 5.58 Å². The van der Waals surface area contributed by atoms with Gasteiger partial charge in [0, 0.05) is 31.1 Å². The first-order valence-electron chi connectivity index (χ1n) is 8.59. The third-order valence-electron chi connectivity index (χ3n) is 4.27. The van der Waals surface area contributed by atoms with Crippen molar-refractivity contribution in [1.29, 1.82) is 0 Å². The van der Waals surface area contributed by atoms with E-state index in [1.807, 2.05) is 32.0 Å². The fourth-order valence-corrected chi connectivity index (χ4v) is 3.22. The number of amides is 1. The molecular weight excluding hydrogens is 338 g/mol. The van der Waals surface area contributed by atoms with Crippen molar-refractivity contribution in [3.8, 4) is 0 Å². The molecule has 0 N–H and O–H groups in total. The van der Waals surface area contributed by atoms with E-state index in [0.29, 0.717) is 24.2 Å². The molecule has 0 bridgehead atoms. The molecule has 1 fully saturated rings. The van der Waals surface area contributed by atoms with Gasteiger partial charge in [0.15, 0.2) is 6.61 Å². The van der Waals surface area contributed by atoms with E-state index in [2.05, 4.69) is 0 Å². The molecule has 7 heteroatoms. The number of methoxy groups -OCH3 is 1. The van der Waals surface area contributed by atoms with Crippen LogP contribution in [0.1, 0.15) is 30.0 Å². The molecule has 140 valence electrons. The zero-order valence-corrected chi connectivity index (χ0v) is 15.2. The second kappa shape index (κ2) is 7.88. The molecule has 1 amide bonds. The quantitative estimate of drug-likeness (QED) is 0.761. The molecular formula is C19H23NO6. The van der Waals surface area contributed by atoms with Gasteiger partial charge >= 0.3 is 5.97 Å². The third kappa shape index (κ3) is 3.89. The predicted octanol–water partition coefficient (Wildman–Crippen LogP) is 2.37.